The second-order valence-corrected chi connectivity index (χ2v) is 7.44. The van der Waals surface area contributed by atoms with Crippen molar-refractivity contribution in [2.24, 2.45) is 7.05 Å². The number of hydrogen-bond acceptors (Lipinski definition) is 6. The van der Waals surface area contributed by atoms with Crippen molar-refractivity contribution >= 4 is 22.3 Å². The molecule has 4 rings (SSSR count). The van der Waals surface area contributed by atoms with Gasteiger partial charge in [-0.15, -0.1) is 11.3 Å². The lowest BCUT2D eigenvalue weighted by Gasteiger charge is -2.21. The monoisotopic (exact) mass is 354 g/mol. The Kier molecular flexibility index (Phi) is 4.50. The number of rotatable bonds is 5. The van der Waals surface area contributed by atoms with Crippen LogP contribution in [0.5, 0.6) is 0 Å². The molecule has 1 atom stereocenters. The molecule has 0 aliphatic carbocycles. The third kappa shape index (κ3) is 3.72. The maximum atomic E-state index is 4.81. The van der Waals surface area contributed by atoms with Crippen LogP contribution in [-0.4, -0.2) is 31.0 Å². The van der Waals surface area contributed by atoms with Crippen LogP contribution in [0.2, 0.25) is 0 Å². The first-order valence-corrected chi connectivity index (χ1v) is 9.41. The standard InChI is InChI=1S/C18H22N6S/c1-13-5-6-17(19-8-13)22-18-21-15(11-25-18)16-4-3-7-24(16)10-14-9-23(2)12-20-14/h5-6,8-9,11-12,16H,3-4,7,10H2,1-2H3,(H,19,21,22)/t16-/m0/s1. The molecule has 0 unspecified atom stereocenters. The Morgan fingerprint density at radius 3 is 3.00 bits per heavy atom. The summed E-state index contributed by atoms with van der Waals surface area (Å²) in [6.45, 7) is 4.01. The first kappa shape index (κ1) is 16.2. The molecule has 6 nitrogen and oxygen atoms in total. The van der Waals surface area contributed by atoms with Gasteiger partial charge in [0.1, 0.15) is 5.82 Å². The van der Waals surface area contributed by atoms with Crippen molar-refractivity contribution in [1.29, 1.82) is 0 Å². The molecule has 4 heterocycles. The minimum absolute atomic E-state index is 0.375. The third-order valence-corrected chi connectivity index (χ3v) is 5.27. The number of likely N-dealkylation sites (tertiary alicyclic amines) is 1. The minimum atomic E-state index is 0.375. The zero-order chi connectivity index (χ0) is 17.2. The summed E-state index contributed by atoms with van der Waals surface area (Å²) in [4.78, 5) is 16.1. The number of thiazole rings is 1. The fourth-order valence-electron chi connectivity index (χ4n) is 3.25. The maximum Gasteiger partial charge on any atom is 0.188 e. The van der Waals surface area contributed by atoms with Gasteiger partial charge in [0.25, 0.3) is 0 Å². The van der Waals surface area contributed by atoms with Crippen molar-refractivity contribution in [3.05, 3.63) is 53.2 Å². The number of pyridine rings is 1. The SMILES string of the molecule is Cc1ccc(Nc2nc([C@@H]3CCCN3Cc3cn(C)cn3)cs2)nc1. The summed E-state index contributed by atoms with van der Waals surface area (Å²) in [5.41, 5.74) is 3.42. The van der Waals surface area contributed by atoms with Crippen LogP contribution >= 0.6 is 11.3 Å². The van der Waals surface area contributed by atoms with Crippen LogP contribution in [0.25, 0.3) is 0 Å². The van der Waals surface area contributed by atoms with Crippen LogP contribution < -0.4 is 5.32 Å². The van der Waals surface area contributed by atoms with Gasteiger partial charge in [0.15, 0.2) is 5.13 Å². The molecule has 0 amide bonds. The van der Waals surface area contributed by atoms with Gasteiger partial charge in [-0.25, -0.2) is 15.0 Å². The normalized spacial score (nSPS) is 17.9. The molecule has 3 aromatic rings. The molecule has 25 heavy (non-hydrogen) atoms. The molecule has 0 saturated carbocycles. The summed E-state index contributed by atoms with van der Waals surface area (Å²) in [5, 5.41) is 6.37. The van der Waals surface area contributed by atoms with E-state index in [9.17, 15) is 0 Å². The highest BCUT2D eigenvalue weighted by Crippen LogP contribution is 2.34. The molecular formula is C18H22N6S. The predicted octanol–water partition coefficient (Wildman–Crippen LogP) is 3.66. The fourth-order valence-corrected chi connectivity index (χ4v) is 4.02. The van der Waals surface area contributed by atoms with Crippen LogP contribution in [-0.2, 0) is 13.6 Å². The first-order chi connectivity index (χ1) is 12.2. The van der Waals surface area contributed by atoms with Gasteiger partial charge >= 0.3 is 0 Å². The van der Waals surface area contributed by atoms with E-state index in [4.69, 9.17) is 4.98 Å². The van der Waals surface area contributed by atoms with Gasteiger partial charge in [0.2, 0.25) is 0 Å². The Hall–Kier alpha value is -2.25. The molecule has 0 spiro atoms. The Balaban J connectivity index is 1.45. The lowest BCUT2D eigenvalue weighted by molar-refractivity contribution is 0.242. The quantitative estimate of drug-likeness (QED) is 0.758. The molecule has 0 radical (unpaired) electrons. The molecule has 0 aromatic carbocycles. The summed E-state index contributed by atoms with van der Waals surface area (Å²) in [6, 6.07) is 4.41. The number of aryl methyl sites for hydroxylation is 2. The Morgan fingerprint density at radius 2 is 2.24 bits per heavy atom. The van der Waals surface area contributed by atoms with Gasteiger partial charge < -0.3 is 9.88 Å². The zero-order valence-electron chi connectivity index (χ0n) is 14.5. The van der Waals surface area contributed by atoms with E-state index in [0.717, 1.165) is 47.4 Å². The van der Waals surface area contributed by atoms with E-state index in [2.05, 4.69) is 37.8 Å². The molecule has 1 fully saturated rings. The van der Waals surface area contributed by atoms with E-state index in [1.165, 1.54) is 6.42 Å². The summed E-state index contributed by atoms with van der Waals surface area (Å²) in [7, 11) is 2.01. The van der Waals surface area contributed by atoms with Crippen molar-refractivity contribution in [1.82, 2.24) is 24.4 Å². The summed E-state index contributed by atoms with van der Waals surface area (Å²) in [5.74, 6) is 0.836. The van der Waals surface area contributed by atoms with Crippen molar-refractivity contribution in [3.8, 4) is 0 Å². The lowest BCUT2D eigenvalue weighted by atomic mass is 10.1. The average molecular weight is 354 g/mol. The van der Waals surface area contributed by atoms with Crippen molar-refractivity contribution < 1.29 is 0 Å². The van der Waals surface area contributed by atoms with Gasteiger partial charge in [0, 0.05) is 31.4 Å². The summed E-state index contributed by atoms with van der Waals surface area (Å²) >= 11 is 1.64. The van der Waals surface area contributed by atoms with E-state index in [-0.39, 0.29) is 0 Å². The zero-order valence-corrected chi connectivity index (χ0v) is 15.3. The van der Waals surface area contributed by atoms with E-state index in [0.29, 0.717) is 6.04 Å². The van der Waals surface area contributed by atoms with Crippen molar-refractivity contribution in [2.45, 2.75) is 32.4 Å². The Labute approximate surface area is 151 Å². The highest BCUT2D eigenvalue weighted by molar-refractivity contribution is 7.13. The number of nitrogens with zero attached hydrogens (tertiary/aromatic N) is 5. The third-order valence-electron chi connectivity index (χ3n) is 4.50. The van der Waals surface area contributed by atoms with E-state index in [1.54, 1.807) is 11.3 Å². The van der Waals surface area contributed by atoms with Crippen molar-refractivity contribution in [3.63, 3.8) is 0 Å². The summed E-state index contributed by atoms with van der Waals surface area (Å²) < 4.78 is 2.00. The van der Waals surface area contributed by atoms with Gasteiger partial charge in [-0.05, 0) is 37.9 Å². The van der Waals surface area contributed by atoms with Crippen molar-refractivity contribution in [2.75, 3.05) is 11.9 Å². The smallest absolute Gasteiger partial charge is 0.188 e. The topological polar surface area (TPSA) is 58.9 Å². The average Bonchev–Trinajstić information content (AvgIpc) is 3.32. The number of aromatic nitrogens is 4. The molecule has 1 aliphatic heterocycles. The van der Waals surface area contributed by atoms with Gasteiger partial charge in [-0.1, -0.05) is 6.07 Å². The highest BCUT2D eigenvalue weighted by atomic mass is 32.1. The molecule has 3 aromatic heterocycles. The number of imidazole rings is 1. The van der Waals surface area contributed by atoms with E-state index < -0.39 is 0 Å². The van der Waals surface area contributed by atoms with E-state index in [1.807, 2.05) is 37.1 Å². The minimum Gasteiger partial charge on any atom is -0.340 e. The molecule has 0 bridgehead atoms. The van der Waals surface area contributed by atoms with Crippen LogP contribution in [0.4, 0.5) is 10.9 Å². The molecule has 1 saturated heterocycles. The molecular weight excluding hydrogens is 332 g/mol. The highest BCUT2D eigenvalue weighted by Gasteiger charge is 2.28. The van der Waals surface area contributed by atoms with Crippen LogP contribution in [0, 0.1) is 6.92 Å². The second kappa shape index (κ2) is 6.93. The number of hydrogen-bond donors (Lipinski definition) is 1. The predicted molar refractivity (Wildman–Crippen MR) is 100.0 cm³/mol. The Bertz CT molecular complexity index is 837. The first-order valence-electron chi connectivity index (χ1n) is 8.53. The van der Waals surface area contributed by atoms with Crippen LogP contribution in [0.15, 0.2) is 36.2 Å². The van der Waals surface area contributed by atoms with Crippen LogP contribution in [0.3, 0.4) is 0 Å². The lowest BCUT2D eigenvalue weighted by Crippen LogP contribution is -2.23. The Morgan fingerprint density at radius 1 is 1.32 bits per heavy atom. The number of anilines is 2. The van der Waals surface area contributed by atoms with E-state index >= 15 is 0 Å². The largest absolute Gasteiger partial charge is 0.340 e. The number of nitrogens with one attached hydrogen (secondary N) is 1. The summed E-state index contributed by atoms with van der Waals surface area (Å²) in [6.07, 6.45) is 8.17. The molecule has 7 heteroatoms. The second-order valence-electron chi connectivity index (χ2n) is 6.58. The molecule has 1 N–H and O–H groups in total. The van der Waals surface area contributed by atoms with Crippen LogP contribution in [0.1, 0.15) is 35.8 Å². The molecule has 130 valence electrons. The van der Waals surface area contributed by atoms with Gasteiger partial charge in [0.05, 0.1) is 23.8 Å². The van der Waals surface area contributed by atoms with Gasteiger partial charge in [-0.3, -0.25) is 4.90 Å². The molecule has 1 aliphatic rings. The van der Waals surface area contributed by atoms with Gasteiger partial charge in [-0.2, -0.15) is 0 Å². The maximum absolute atomic E-state index is 4.81. The fraction of sp³-hybridized carbons (Fsp3) is 0.389.